The van der Waals surface area contributed by atoms with Gasteiger partial charge in [0.2, 0.25) is 12.2 Å². The quantitative estimate of drug-likeness (QED) is 0.178. The molecule has 2 aromatic rings. The Morgan fingerprint density at radius 3 is 2.03 bits per heavy atom. The van der Waals surface area contributed by atoms with Crippen LogP contribution in [0.5, 0.6) is 0 Å². The first-order chi connectivity index (χ1) is 15.5. The van der Waals surface area contributed by atoms with Crippen molar-refractivity contribution in [2.45, 2.75) is 34.1 Å². The van der Waals surface area contributed by atoms with Crippen LogP contribution in [-0.2, 0) is 35.5 Å². The van der Waals surface area contributed by atoms with Gasteiger partial charge in [-0.1, -0.05) is 36.4 Å². The monoisotopic (exact) mass is 442 g/mol. The van der Waals surface area contributed by atoms with Crippen LogP contribution in [0, 0.1) is 19.1 Å². The molecule has 0 aromatic heterocycles. The molecule has 1 aliphatic rings. The lowest BCUT2D eigenvalue weighted by Gasteiger charge is -1.98. The van der Waals surface area contributed by atoms with Crippen LogP contribution in [0.15, 0.2) is 53.5 Å². The largest absolute Gasteiger partial charge is 0.461 e. The molecule has 0 saturated carbocycles. The van der Waals surface area contributed by atoms with Crippen LogP contribution >= 0.6 is 0 Å². The molecule has 3 rings (SSSR count). The van der Waals surface area contributed by atoms with Crippen molar-refractivity contribution in [3.8, 4) is 12.2 Å². The molecule has 2 N–H and O–H groups in total. The highest BCUT2D eigenvalue weighted by Gasteiger charge is 2.20. The maximum atomic E-state index is 11.4. The Morgan fingerprint density at radius 2 is 1.53 bits per heavy atom. The van der Waals surface area contributed by atoms with Gasteiger partial charge >= 0.3 is 5.97 Å². The minimum absolute atomic E-state index is 0.302. The van der Waals surface area contributed by atoms with Gasteiger partial charge in [0, 0.05) is 12.1 Å². The molecule has 0 aliphatic carbocycles. The van der Waals surface area contributed by atoms with E-state index in [-0.39, 0.29) is 5.97 Å². The summed E-state index contributed by atoms with van der Waals surface area (Å²) in [7, 11) is 0. The number of rotatable bonds is 6. The Labute approximate surface area is 189 Å². The van der Waals surface area contributed by atoms with E-state index in [1.165, 1.54) is 0 Å². The predicted molar refractivity (Wildman–Crippen MR) is 123 cm³/mol. The van der Waals surface area contributed by atoms with Gasteiger partial charge < -0.3 is 10.5 Å². The summed E-state index contributed by atoms with van der Waals surface area (Å²) in [5, 5.41) is 0. The lowest BCUT2D eigenvalue weighted by atomic mass is 10.1. The van der Waals surface area contributed by atoms with E-state index in [0.29, 0.717) is 32.0 Å². The third-order valence-electron chi connectivity index (χ3n) is 3.78. The van der Waals surface area contributed by atoms with Crippen molar-refractivity contribution in [3.63, 3.8) is 0 Å². The van der Waals surface area contributed by atoms with E-state index in [2.05, 4.69) is 36.8 Å². The first-order valence-corrected chi connectivity index (χ1v) is 10.2. The number of carbonyl (C=O) groups excluding carboxylic acids is 1. The number of para-hydroxylation sites is 2. The number of hydrogen-bond acceptors (Lipinski definition) is 8. The zero-order chi connectivity index (χ0) is 23.6. The van der Waals surface area contributed by atoms with Crippen LogP contribution in [0.25, 0.3) is 0 Å². The fourth-order valence-electron chi connectivity index (χ4n) is 2.26. The maximum Gasteiger partial charge on any atom is 0.353 e. The van der Waals surface area contributed by atoms with Gasteiger partial charge in [-0.3, -0.25) is 9.78 Å². The standard InChI is InChI=1S/C11H11NO2.C7H9N.C6H10O4/c1-2-14-11(13)10-7-8-5-3-4-6-9(8)12-10;1-6-4-2-3-5-7(6)8;1-3-7-9-5-6-10-8-4-2/h3-6H,2,7H2,1H3;2-5H,8H2,1H3;3-4H2,1-2H3. The van der Waals surface area contributed by atoms with Gasteiger partial charge in [-0.2, -0.15) is 9.78 Å². The molecule has 1 heterocycles. The second-order valence-electron chi connectivity index (χ2n) is 6.12. The highest BCUT2D eigenvalue weighted by molar-refractivity contribution is 6.38. The number of nitrogens with zero attached hydrogens (tertiary/aromatic N) is 1. The van der Waals surface area contributed by atoms with Gasteiger partial charge in [-0.25, -0.2) is 9.79 Å². The van der Waals surface area contributed by atoms with E-state index in [1.807, 2.05) is 55.5 Å². The van der Waals surface area contributed by atoms with Crippen LogP contribution in [-0.4, -0.2) is 31.5 Å². The number of nitrogens with two attached hydrogens (primary N) is 1. The molecule has 32 heavy (non-hydrogen) atoms. The zero-order valence-electron chi connectivity index (χ0n) is 18.9. The molecule has 0 atom stereocenters. The second-order valence-corrected chi connectivity index (χ2v) is 6.12. The van der Waals surface area contributed by atoms with Crippen molar-refractivity contribution in [2.24, 2.45) is 4.99 Å². The lowest BCUT2D eigenvalue weighted by molar-refractivity contribution is -0.246. The Kier molecular flexibility index (Phi) is 13.4. The van der Waals surface area contributed by atoms with Crippen molar-refractivity contribution in [2.75, 3.05) is 25.6 Å². The number of benzene rings is 2. The van der Waals surface area contributed by atoms with E-state index in [9.17, 15) is 4.79 Å². The summed E-state index contributed by atoms with van der Waals surface area (Å²) < 4.78 is 4.89. The zero-order valence-corrected chi connectivity index (χ0v) is 18.9. The van der Waals surface area contributed by atoms with Gasteiger partial charge in [0.25, 0.3) is 0 Å². The van der Waals surface area contributed by atoms with E-state index >= 15 is 0 Å². The number of hydrogen-bond donors (Lipinski definition) is 1. The normalized spacial score (nSPS) is 10.6. The number of carbonyl (C=O) groups is 1. The summed E-state index contributed by atoms with van der Waals surface area (Å²) in [6.07, 6.45) is 4.80. The molecule has 0 bridgehead atoms. The average Bonchev–Trinajstić information content (AvgIpc) is 3.24. The molecule has 0 amide bonds. The van der Waals surface area contributed by atoms with Crippen molar-refractivity contribution >= 4 is 23.1 Å². The number of fused-ring (bicyclic) bond motifs is 1. The highest BCUT2D eigenvalue weighted by atomic mass is 17.2. The third kappa shape index (κ3) is 10.5. The number of aliphatic imine (C=N–C) groups is 1. The molecular weight excluding hydrogens is 412 g/mol. The van der Waals surface area contributed by atoms with E-state index < -0.39 is 0 Å². The maximum absolute atomic E-state index is 11.4. The molecule has 0 fully saturated rings. The summed E-state index contributed by atoms with van der Waals surface area (Å²) in [6, 6.07) is 15.5. The molecule has 0 saturated heterocycles. The summed E-state index contributed by atoms with van der Waals surface area (Å²) in [5.41, 5.74) is 10.0. The van der Waals surface area contributed by atoms with Gasteiger partial charge in [0.1, 0.15) is 5.71 Å². The fourth-order valence-corrected chi connectivity index (χ4v) is 2.26. The molecular formula is C24H30N2O6. The highest BCUT2D eigenvalue weighted by Crippen LogP contribution is 2.26. The summed E-state index contributed by atoms with van der Waals surface area (Å²) in [5.74, 6) is -0.302. The Balaban J connectivity index is 0.000000252. The first-order valence-electron chi connectivity index (χ1n) is 10.2. The number of ether oxygens (including phenoxy) is 1. The summed E-state index contributed by atoms with van der Waals surface area (Å²) in [4.78, 5) is 32.9. The second kappa shape index (κ2) is 16.2. The minimum Gasteiger partial charge on any atom is -0.461 e. The summed E-state index contributed by atoms with van der Waals surface area (Å²) >= 11 is 0. The fraction of sp³-hybridized carbons (Fsp3) is 0.333. The smallest absolute Gasteiger partial charge is 0.353 e. The van der Waals surface area contributed by atoms with Crippen LogP contribution in [0.3, 0.4) is 0 Å². The molecule has 172 valence electrons. The molecule has 2 aromatic carbocycles. The van der Waals surface area contributed by atoms with Gasteiger partial charge in [-0.15, -0.1) is 0 Å². The van der Waals surface area contributed by atoms with Crippen LogP contribution in [0.2, 0.25) is 0 Å². The SMILES string of the molecule is CCOC(=O)C1=Nc2ccccc2C1.CCOOC#COOCC.Cc1ccccc1N. The van der Waals surface area contributed by atoms with Gasteiger partial charge in [0.15, 0.2) is 0 Å². The van der Waals surface area contributed by atoms with E-state index in [4.69, 9.17) is 10.5 Å². The third-order valence-corrected chi connectivity index (χ3v) is 3.78. The van der Waals surface area contributed by atoms with Crippen LogP contribution in [0.4, 0.5) is 11.4 Å². The molecule has 8 nitrogen and oxygen atoms in total. The van der Waals surface area contributed by atoms with Crippen molar-refractivity contribution in [3.05, 3.63) is 59.7 Å². The number of anilines is 1. The summed E-state index contributed by atoms with van der Waals surface area (Å²) in [6.45, 7) is 8.65. The van der Waals surface area contributed by atoms with Gasteiger partial charge in [0.05, 0.1) is 25.5 Å². The predicted octanol–water partition coefficient (Wildman–Crippen LogP) is 4.30. The Hall–Kier alpha value is -3.54. The van der Waals surface area contributed by atoms with Crippen molar-refractivity contribution in [1.82, 2.24) is 0 Å². The van der Waals surface area contributed by atoms with Crippen LogP contribution < -0.4 is 5.73 Å². The van der Waals surface area contributed by atoms with E-state index in [0.717, 1.165) is 22.5 Å². The molecule has 0 radical (unpaired) electrons. The Morgan fingerprint density at radius 1 is 0.938 bits per heavy atom. The van der Waals surface area contributed by atoms with Crippen LogP contribution in [0.1, 0.15) is 31.9 Å². The van der Waals surface area contributed by atoms with Crippen molar-refractivity contribution < 1.29 is 29.1 Å². The molecule has 1 aliphatic heterocycles. The molecule has 0 spiro atoms. The topological polar surface area (TPSA) is 102 Å². The lowest BCUT2D eigenvalue weighted by Crippen LogP contribution is -2.17. The minimum atomic E-state index is -0.302. The average molecular weight is 443 g/mol. The number of esters is 1. The van der Waals surface area contributed by atoms with Gasteiger partial charge in [-0.05, 0) is 51.0 Å². The van der Waals surface area contributed by atoms with E-state index in [1.54, 1.807) is 20.8 Å². The molecule has 8 heteroatoms. The molecule has 0 unspecified atom stereocenters. The number of aryl methyl sites for hydroxylation is 1. The van der Waals surface area contributed by atoms with Crippen molar-refractivity contribution in [1.29, 1.82) is 0 Å². The first kappa shape index (κ1) is 26.5. The Bertz CT molecular complexity index is 885. The number of nitrogen functional groups attached to an aromatic ring is 1.